The number of hydrogen-bond acceptors (Lipinski definition) is 1. The molecular weight excluding hydrogens is 124 g/mol. The summed E-state index contributed by atoms with van der Waals surface area (Å²) in [6, 6.07) is 0. The number of allylic oxidation sites excluding steroid dienone is 2. The quantitative estimate of drug-likeness (QED) is 0.313. The van der Waals surface area contributed by atoms with Crippen LogP contribution in [0.5, 0.6) is 0 Å². The number of ether oxygens (including phenoxy) is 1. The zero-order chi connectivity index (χ0) is 7.66. The molecule has 0 bridgehead atoms. The fourth-order valence-corrected chi connectivity index (χ4v) is 0.615. The van der Waals surface area contributed by atoms with Crippen LogP contribution >= 0.6 is 0 Å². The van der Waals surface area contributed by atoms with Crippen LogP contribution in [0.1, 0.15) is 26.2 Å². The predicted octanol–water partition coefficient (Wildman–Crippen LogP) is 2.89. The first-order valence-corrected chi connectivity index (χ1v) is 3.81. The van der Waals surface area contributed by atoms with Gasteiger partial charge in [0.1, 0.15) is 0 Å². The lowest BCUT2D eigenvalue weighted by molar-refractivity contribution is 0.241. The van der Waals surface area contributed by atoms with Crippen LogP contribution in [-0.2, 0) is 4.74 Å². The van der Waals surface area contributed by atoms with Crippen LogP contribution in [0.4, 0.5) is 0 Å². The van der Waals surface area contributed by atoms with Crippen molar-refractivity contribution < 1.29 is 4.74 Å². The van der Waals surface area contributed by atoms with Crippen molar-refractivity contribution >= 4 is 0 Å². The van der Waals surface area contributed by atoms with E-state index in [1.807, 2.05) is 0 Å². The summed E-state index contributed by atoms with van der Waals surface area (Å²) in [6.07, 6.45) is 8.84. The molecule has 0 atom stereocenters. The molecule has 0 fully saturated rings. The zero-order valence-corrected chi connectivity index (χ0v) is 6.68. The van der Waals surface area contributed by atoms with Gasteiger partial charge < -0.3 is 4.74 Å². The lowest BCUT2D eigenvalue weighted by Gasteiger charge is -1.97. The molecule has 58 valence electrons. The first kappa shape index (κ1) is 9.28. The van der Waals surface area contributed by atoms with E-state index < -0.39 is 0 Å². The monoisotopic (exact) mass is 140 g/mol. The van der Waals surface area contributed by atoms with Crippen molar-refractivity contribution in [2.45, 2.75) is 26.2 Å². The molecule has 0 aromatic heterocycles. The minimum absolute atomic E-state index is 0.832. The molecule has 0 unspecified atom stereocenters. The van der Waals surface area contributed by atoms with Gasteiger partial charge in [-0.05, 0) is 12.5 Å². The largest absolute Gasteiger partial charge is 0.501 e. The normalized spacial score (nSPS) is 10.1. The molecule has 1 heteroatoms. The average molecular weight is 140 g/mol. The van der Waals surface area contributed by atoms with Gasteiger partial charge in [0.05, 0.1) is 12.9 Å². The molecule has 0 saturated heterocycles. The summed E-state index contributed by atoms with van der Waals surface area (Å²) in [6.45, 7) is 6.54. The Morgan fingerprint density at radius 2 is 2.20 bits per heavy atom. The first-order chi connectivity index (χ1) is 4.91. The highest BCUT2D eigenvalue weighted by atomic mass is 16.5. The summed E-state index contributed by atoms with van der Waals surface area (Å²) in [5.41, 5.74) is 0. The lowest BCUT2D eigenvalue weighted by atomic mass is 10.3. The van der Waals surface area contributed by atoms with Crippen LogP contribution in [0.15, 0.2) is 25.0 Å². The molecule has 0 heterocycles. The summed E-state index contributed by atoms with van der Waals surface area (Å²) in [4.78, 5) is 0. The van der Waals surface area contributed by atoms with Gasteiger partial charge in [0.2, 0.25) is 0 Å². The van der Waals surface area contributed by atoms with Crippen molar-refractivity contribution in [3.63, 3.8) is 0 Å². The molecule has 0 rings (SSSR count). The summed E-state index contributed by atoms with van der Waals surface area (Å²) in [7, 11) is 0. The second-order valence-corrected chi connectivity index (χ2v) is 2.14. The Kier molecular flexibility index (Phi) is 7.68. The van der Waals surface area contributed by atoms with Crippen molar-refractivity contribution in [1.29, 1.82) is 0 Å². The molecule has 0 amide bonds. The molecule has 0 aliphatic heterocycles. The fraction of sp³-hybridized carbons (Fsp3) is 0.556. The van der Waals surface area contributed by atoms with Crippen LogP contribution in [0.3, 0.4) is 0 Å². The topological polar surface area (TPSA) is 9.23 Å². The first-order valence-electron chi connectivity index (χ1n) is 3.81. The third kappa shape index (κ3) is 7.28. The van der Waals surface area contributed by atoms with E-state index in [9.17, 15) is 0 Å². The maximum absolute atomic E-state index is 5.12. The van der Waals surface area contributed by atoms with Crippen molar-refractivity contribution in [2.24, 2.45) is 0 Å². The van der Waals surface area contributed by atoms with E-state index in [2.05, 4.69) is 13.5 Å². The minimum Gasteiger partial charge on any atom is -0.501 e. The van der Waals surface area contributed by atoms with Crippen LogP contribution in [-0.4, -0.2) is 6.61 Å². The van der Waals surface area contributed by atoms with Gasteiger partial charge in [-0.15, -0.1) is 0 Å². The van der Waals surface area contributed by atoms with Crippen LogP contribution in [0.25, 0.3) is 0 Å². The molecule has 0 aliphatic rings. The maximum atomic E-state index is 5.12. The van der Waals surface area contributed by atoms with Gasteiger partial charge in [-0.2, -0.15) is 0 Å². The lowest BCUT2D eigenvalue weighted by Crippen LogP contribution is -1.85. The van der Waals surface area contributed by atoms with E-state index in [0.29, 0.717) is 0 Å². The third-order valence-electron chi connectivity index (χ3n) is 1.18. The van der Waals surface area contributed by atoms with Gasteiger partial charge >= 0.3 is 0 Å². The molecule has 1 nitrogen and oxygen atoms in total. The minimum atomic E-state index is 0.832. The maximum Gasteiger partial charge on any atom is 0.0873 e. The van der Waals surface area contributed by atoms with Crippen LogP contribution < -0.4 is 0 Å². The Labute approximate surface area is 63.4 Å². The van der Waals surface area contributed by atoms with Crippen molar-refractivity contribution in [1.82, 2.24) is 0 Å². The second kappa shape index (κ2) is 8.28. The molecule has 0 spiro atoms. The highest BCUT2D eigenvalue weighted by Gasteiger charge is 1.81. The standard InChI is InChI=1S/C9H16O/c1-3-5-7-9-10-8-6-4-2/h4,6,8H,2-3,5,7,9H2,1H3/b8-6+. The Morgan fingerprint density at radius 3 is 2.80 bits per heavy atom. The van der Waals surface area contributed by atoms with Gasteiger partial charge in [0.15, 0.2) is 0 Å². The number of rotatable bonds is 6. The summed E-state index contributed by atoms with van der Waals surface area (Å²) >= 11 is 0. The second-order valence-electron chi connectivity index (χ2n) is 2.14. The van der Waals surface area contributed by atoms with Gasteiger partial charge in [-0.25, -0.2) is 0 Å². The van der Waals surface area contributed by atoms with Gasteiger partial charge in [0, 0.05) is 0 Å². The van der Waals surface area contributed by atoms with Gasteiger partial charge in [0.25, 0.3) is 0 Å². The molecule has 0 saturated carbocycles. The molecule has 0 N–H and O–H groups in total. The Morgan fingerprint density at radius 1 is 1.40 bits per heavy atom. The predicted molar refractivity (Wildman–Crippen MR) is 44.8 cm³/mol. The molecule has 10 heavy (non-hydrogen) atoms. The van der Waals surface area contributed by atoms with Crippen LogP contribution in [0.2, 0.25) is 0 Å². The van der Waals surface area contributed by atoms with Crippen molar-refractivity contribution in [2.75, 3.05) is 6.61 Å². The van der Waals surface area contributed by atoms with Gasteiger partial charge in [-0.1, -0.05) is 32.4 Å². The van der Waals surface area contributed by atoms with Crippen molar-refractivity contribution in [3.8, 4) is 0 Å². The Hall–Kier alpha value is -0.720. The number of unbranched alkanes of at least 4 members (excludes halogenated alkanes) is 2. The van der Waals surface area contributed by atoms with E-state index in [0.717, 1.165) is 13.0 Å². The fourth-order valence-electron chi connectivity index (χ4n) is 0.615. The summed E-state index contributed by atoms with van der Waals surface area (Å²) in [5, 5.41) is 0. The van der Waals surface area contributed by atoms with Crippen LogP contribution in [0, 0.1) is 0 Å². The third-order valence-corrected chi connectivity index (χ3v) is 1.18. The summed E-state index contributed by atoms with van der Waals surface area (Å²) < 4.78 is 5.12. The Bertz CT molecular complexity index is 94.9. The van der Waals surface area contributed by atoms with E-state index >= 15 is 0 Å². The van der Waals surface area contributed by atoms with E-state index in [4.69, 9.17) is 4.74 Å². The zero-order valence-electron chi connectivity index (χ0n) is 6.68. The molecule has 0 radical (unpaired) electrons. The molecule has 0 aliphatic carbocycles. The average Bonchev–Trinajstić information content (AvgIpc) is 1.97. The highest BCUT2D eigenvalue weighted by molar-refractivity contribution is 4.92. The Balaban J connectivity index is 2.90. The van der Waals surface area contributed by atoms with E-state index in [1.54, 1.807) is 18.4 Å². The molecule has 0 aromatic carbocycles. The number of hydrogen-bond donors (Lipinski definition) is 0. The van der Waals surface area contributed by atoms with Crippen molar-refractivity contribution in [3.05, 3.63) is 25.0 Å². The smallest absolute Gasteiger partial charge is 0.0873 e. The molecular formula is C9H16O. The molecule has 0 aromatic rings. The van der Waals surface area contributed by atoms with E-state index in [1.165, 1.54) is 12.8 Å². The van der Waals surface area contributed by atoms with E-state index in [-0.39, 0.29) is 0 Å². The summed E-state index contributed by atoms with van der Waals surface area (Å²) in [5.74, 6) is 0. The van der Waals surface area contributed by atoms with Gasteiger partial charge in [-0.3, -0.25) is 0 Å². The SMILES string of the molecule is C=C/C=C/OCCCCC. The highest BCUT2D eigenvalue weighted by Crippen LogP contribution is 1.93.